The Hall–Kier alpha value is -3.82. The van der Waals surface area contributed by atoms with E-state index in [4.69, 9.17) is 4.74 Å². The summed E-state index contributed by atoms with van der Waals surface area (Å²) in [6.45, 7) is 3.96. The Balaban J connectivity index is 1.60. The molecule has 1 aliphatic rings. The molecular weight excluding hydrogens is 451 g/mol. The van der Waals surface area contributed by atoms with E-state index in [1.165, 1.54) is 11.1 Å². The summed E-state index contributed by atoms with van der Waals surface area (Å²) in [5.74, 6) is -0.110. The number of nitrogens with one attached hydrogen (secondary N) is 2. The van der Waals surface area contributed by atoms with Crippen molar-refractivity contribution in [3.05, 3.63) is 71.2 Å². The molecule has 3 aromatic rings. The molecule has 9 nitrogen and oxygen atoms in total. The fraction of sp³-hybridized carbons (Fsp3) is 0.400. The van der Waals surface area contributed by atoms with Crippen LogP contribution in [0.1, 0.15) is 54.7 Å². The first kappa shape index (κ1) is 24.3. The van der Waals surface area contributed by atoms with Crippen LogP contribution in [0.3, 0.4) is 0 Å². The lowest BCUT2D eigenvalue weighted by Crippen LogP contribution is -2.47. The Morgan fingerprint density at radius 1 is 1.23 bits per heavy atom. The number of aromatic nitrogens is 4. The number of alkyl halides is 1. The van der Waals surface area contributed by atoms with Crippen LogP contribution in [0.15, 0.2) is 48.7 Å². The number of benzene rings is 1. The van der Waals surface area contributed by atoms with Gasteiger partial charge < -0.3 is 15.0 Å². The largest absolute Gasteiger partial charge is 0.481 e. The van der Waals surface area contributed by atoms with E-state index >= 15 is 0 Å². The van der Waals surface area contributed by atoms with E-state index in [-0.39, 0.29) is 31.2 Å². The Labute approximate surface area is 203 Å². The third-order valence-electron chi connectivity index (χ3n) is 6.12. The van der Waals surface area contributed by atoms with Gasteiger partial charge in [0.2, 0.25) is 17.7 Å². The Bertz CT molecular complexity index is 1160. The van der Waals surface area contributed by atoms with Gasteiger partial charge in [0.1, 0.15) is 12.2 Å². The molecule has 1 fully saturated rings. The van der Waals surface area contributed by atoms with Crippen LogP contribution in [0, 0.1) is 0 Å². The summed E-state index contributed by atoms with van der Waals surface area (Å²) in [6, 6.07) is 11.7. The van der Waals surface area contributed by atoms with Crippen LogP contribution in [-0.4, -0.2) is 63.0 Å². The molecule has 10 heteroatoms. The normalized spacial score (nSPS) is 18.5. The van der Waals surface area contributed by atoms with E-state index < -0.39 is 24.2 Å². The van der Waals surface area contributed by atoms with E-state index in [1.54, 1.807) is 7.11 Å². The summed E-state index contributed by atoms with van der Waals surface area (Å²) in [7, 11) is 1.56. The SMILES string of the molecule is COc1nc(C(NC(=O)C2CC(F)CN2C(=O)Cc2cnn[nH]2)c2ccccc2)ccc1C(C)C. The van der Waals surface area contributed by atoms with Gasteiger partial charge in [-0.05, 0) is 17.5 Å². The van der Waals surface area contributed by atoms with Crippen LogP contribution in [-0.2, 0) is 16.0 Å². The molecule has 2 N–H and O–H groups in total. The first-order valence-electron chi connectivity index (χ1n) is 11.6. The van der Waals surface area contributed by atoms with Gasteiger partial charge in [0.25, 0.3) is 0 Å². The number of pyridine rings is 1. The number of H-pyrrole nitrogens is 1. The zero-order valence-corrected chi connectivity index (χ0v) is 19.9. The molecule has 2 amide bonds. The lowest BCUT2D eigenvalue weighted by Gasteiger charge is -2.27. The Morgan fingerprint density at radius 2 is 2.00 bits per heavy atom. The van der Waals surface area contributed by atoms with Crippen molar-refractivity contribution in [3.63, 3.8) is 0 Å². The third kappa shape index (κ3) is 5.47. The average molecular weight is 481 g/mol. The predicted octanol–water partition coefficient (Wildman–Crippen LogP) is 2.72. The van der Waals surface area contributed by atoms with Gasteiger partial charge in [-0.3, -0.25) is 14.7 Å². The molecular formula is C25H29FN6O3. The first-order valence-corrected chi connectivity index (χ1v) is 11.6. The number of hydrogen-bond donors (Lipinski definition) is 2. The quantitative estimate of drug-likeness (QED) is 0.513. The van der Waals surface area contributed by atoms with E-state index in [2.05, 4.69) is 25.7 Å². The molecule has 1 saturated heterocycles. The molecule has 0 spiro atoms. The third-order valence-corrected chi connectivity index (χ3v) is 6.12. The molecule has 0 aliphatic carbocycles. The monoisotopic (exact) mass is 480 g/mol. The maximum absolute atomic E-state index is 14.4. The van der Waals surface area contributed by atoms with Gasteiger partial charge in [-0.15, -0.1) is 5.10 Å². The number of carbonyl (C=O) groups is 2. The molecule has 0 saturated carbocycles. The summed E-state index contributed by atoms with van der Waals surface area (Å²) in [5.41, 5.74) is 2.85. The van der Waals surface area contributed by atoms with Gasteiger partial charge in [-0.2, -0.15) is 0 Å². The fourth-order valence-corrected chi connectivity index (χ4v) is 4.32. The van der Waals surface area contributed by atoms with Crippen LogP contribution in [0.2, 0.25) is 0 Å². The standard InChI is InChI=1S/C25H29FN6O3/c1-15(2)19-9-10-20(28-25(19)35-3)23(16-7-5-4-6-8-16)29-24(34)21-11-17(26)14-32(21)22(33)12-18-13-27-31-30-18/h4-10,13,15,17,21,23H,11-12,14H2,1-3H3,(H,29,34)(H,27,30,31). The van der Waals surface area contributed by atoms with Crippen LogP contribution < -0.4 is 10.1 Å². The molecule has 4 rings (SSSR count). The molecule has 184 valence electrons. The molecule has 3 unspecified atom stereocenters. The molecule has 3 heterocycles. The maximum atomic E-state index is 14.4. The molecule has 2 aromatic heterocycles. The van der Waals surface area contributed by atoms with Crippen LogP contribution in [0.25, 0.3) is 0 Å². The van der Waals surface area contributed by atoms with Crippen molar-refractivity contribution in [2.75, 3.05) is 13.7 Å². The van der Waals surface area contributed by atoms with E-state index in [0.29, 0.717) is 17.3 Å². The fourth-order valence-electron chi connectivity index (χ4n) is 4.32. The topological polar surface area (TPSA) is 113 Å². The lowest BCUT2D eigenvalue weighted by molar-refractivity contribution is -0.138. The number of rotatable bonds is 8. The number of methoxy groups -OCH3 is 1. The van der Waals surface area contributed by atoms with Crippen molar-refractivity contribution < 1.29 is 18.7 Å². The molecule has 1 aromatic carbocycles. The molecule has 3 atom stereocenters. The highest BCUT2D eigenvalue weighted by Gasteiger charge is 2.40. The summed E-state index contributed by atoms with van der Waals surface area (Å²) < 4.78 is 19.9. The zero-order chi connectivity index (χ0) is 24.9. The Morgan fingerprint density at radius 3 is 2.66 bits per heavy atom. The second-order valence-corrected chi connectivity index (χ2v) is 8.89. The zero-order valence-electron chi connectivity index (χ0n) is 19.9. The van der Waals surface area contributed by atoms with Gasteiger partial charge in [0.05, 0.1) is 43.7 Å². The van der Waals surface area contributed by atoms with Crippen molar-refractivity contribution in [1.82, 2.24) is 30.6 Å². The van der Waals surface area contributed by atoms with Gasteiger partial charge in [-0.1, -0.05) is 55.5 Å². The Kier molecular flexibility index (Phi) is 7.38. The van der Waals surface area contributed by atoms with Gasteiger partial charge in [-0.25, -0.2) is 9.37 Å². The summed E-state index contributed by atoms with van der Waals surface area (Å²) in [6.07, 6.45) is 0.0411. The number of ether oxygens (including phenoxy) is 1. The number of amides is 2. The number of halogens is 1. The minimum Gasteiger partial charge on any atom is -0.481 e. The van der Waals surface area contributed by atoms with E-state index in [0.717, 1.165) is 11.1 Å². The van der Waals surface area contributed by atoms with Crippen LogP contribution >= 0.6 is 0 Å². The highest BCUT2D eigenvalue weighted by atomic mass is 19.1. The minimum absolute atomic E-state index is 0.0406. The second-order valence-electron chi connectivity index (χ2n) is 8.89. The van der Waals surface area contributed by atoms with Crippen LogP contribution in [0.4, 0.5) is 4.39 Å². The number of carbonyl (C=O) groups excluding carboxylic acids is 2. The summed E-state index contributed by atoms with van der Waals surface area (Å²) >= 11 is 0. The smallest absolute Gasteiger partial charge is 0.243 e. The molecule has 0 bridgehead atoms. The molecule has 35 heavy (non-hydrogen) atoms. The average Bonchev–Trinajstić information content (AvgIpc) is 3.52. The highest BCUT2D eigenvalue weighted by Crippen LogP contribution is 2.29. The van der Waals surface area contributed by atoms with E-state index in [9.17, 15) is 14.0 Å². The van der Waals surface area contributed by atoms with Crippen molar-refractivity contribution in [3.8, 4) is 5.88 Å². The highest BCUT2D eigenvalue weighted by molar-refractivity contribution is 5.89. The number of hydrogen-bond acceptors (Lipinski definition) is 6. The van der Waals surface area contributed by atoms with Crippen LogP contribution in [0.5, 0.6) is 5.88 Å². The first-order chi connectivity index (χ1) is 16.9. The van der Waals surface area contributed by atoms with Crippen molar-refractivity contribution >= 4 is 11.8 Å². The van der Waals surface area contributed by atoms with Gasteiger partial charge in [0, 0.05) is 12.0 Å². The van der Waals surface area contributed by atoms with E-state index in [1.807, 2.05) is 56.3 Å². The number of likely N-dealkylation sites (tertiary alicyclic amines) is 1. The minimum atomic E-state index is -1.28. The van der Waals surface area contributed by atoms with Gasteiger partial charge >= 0.3 is 0 Å². The van der Waals surface area contributed by atoms with Crippen molar-refractivity contribution in [1.29, 1.82) is 0 Å². The lowest BCUT2D eigenvalue weighted by atomic mass is 9.99. The number of nitrogens with zero attached hydrogens (tertiary/aromatic N) is 4. The number of aromatic amines is 1. The molecule has 0 radical (unpaired) electrons. The summed E-state index contributed by atoms with van der Waals surface area (Å²) in [5, 5.41) is 12.9. The predicted molar refractivity (Wildman–Crippen MR) is 126 cm³/mol. The maximum Gasteiger partial charge on any atom is 0.243 e. The second kappa shape index (κ2) is 10.6. The summed E-state index contributed by atoms with van der Waals surface area (Å²) in [4.78, 5) is 32.3. The van der Waals surface area contributed by atoms with Crippen molar-refractivity contribution in [2.45, 2.75) is 50.9 Å². The molecule has 1 aliphatic heterocycles. The van der Waals surface area contributed by atoms with Gasteiger partial charge in [0.15, 0.2) is 0 Å². The van der Waals surface area contributed by atoms with Crippen molar-refractivity contribution in [2.24, 2.45) is 0 Å².